The van der Waals surface area contributed by atoms with Gasteiger partial charge in [-0.3, -0.25) is 9.69 Å². The summed E-state index contributed by atoms with van der Waals surface area (Å²) in [6, 6.07) is 4.87. The molecule has 8 nitrogen and oxygen atoms in total. The van der Waals surface area contributed by atoms with Crippen molar-refractivity contribution in [2.24, 2.45) is 4.99 Å². The first-order valence-electron chi connectivity index (χ1n) is 11.2. The van der Waals surface area contributed by atoms with Gasteiger partial charge in [-0.1, -0.05) is 37.6 Å². The quantitative estimate of drug-likeness (QED) is 0.351. The third-order valence-electron chi connectivity index (χ3n) is 5.46. The maximum absolute atomic E-state index is 13.1. The molecule has 0 spiro atoms. The second kappa shape index (κ2) is 12.1. The molecule has 1 atom stereocenters. The van der Waals surface area contributed by atoms with Crippen molar-refractivity contribution in [2.75, 3.05) is 39.8 Å². The Bertz CT molecular complexity index is 930. The second-order valence-electron chi connectivity index (χ2n) is 7.75. The van der Waals surface area contributed by atoms with Crippen molar-refractivity contribution in [3.8, 4) is 11.5 Å². The number of unbranched alkanes of at least 4 members (excludes halogenated alkanes) is 2. The summed E-state index contributed by atoms with van der Waals surface area (Å²) < 4.78 is 21.9. The third kappa shape index (κ3) is 5.89. The molecule has 1 amide bonds. The number of hydrogen-bond donors (Lipinski definition) is 0. The second-order valence-corrected chi connectivity index (χ2v) is 8.81. The van der Waals surface area contributed by atoms with E-state index >= 15 is 0 Å². The van der Waals surface area contributed by atoms with Gasteiger partial charge in [0.25, 0.3) is 0 Å². The van der Waals surface area contributed by atoms with Crippen LogP contribution in [0.25, 0.3) is 0 Å². The van der Waals surface area contributed by atoms with E-state index in [4.69, 9.17) is 18.9 Å². The van der Waals surface area contributed by atoms with Gasteiger partial charge in [-0.25, -0.2) is 9.79 Å². The Morgan fingerprint density at radius 1 is 1.18 bits per heavy atom. The molecule has 1 aromatic carbocycles. The summed E-state index contributed by atoms with van der Waals surface area (Å²) >= 11 is 1.51. The topological polar surface area (TPSA) is 86.7 Å². The van der Waals surface area contributed by atoms with Crippen LogP contribution in [-0.2, 0) is 19.1 Å². The fraction of sp³-hybridized carbons (Fsp3) is 0.542. The van der Waals surface area contributed by atoms with Gasteiger partial charge in [0, 0.05) is 19.3 Å². The standard InChI is InChI=1S/C24H32N2O6S/c1-5-6-7-11-31-18-9-8-17(15-19(18)30-4)22-21(23(28)32-13-12-29-3)16(2)25-24-26(22)20(27)10-14-33-24/h8-9,15,22H,5-7,10-14H2,1-4H3. The number of benzene rings is 1. The first kappa shape index (κ1) is 25.1. The zero-order valence-corrected chi connectivity index (χ0v) is 20.5. The number of methoxy groups -OCH3 is 2. The molecule has 180 valence electrons. The van der Waals surface area contributed by atoms with Crippen LogP contribution in [0.4, 0.5) is 0 Å². The summed E-state index contributed by atoms with van der Waals surface area (Å²) in [5, 5.41) is 0.598. The molecule has 1 aromatic rings. The monoisotopic (exact) mass is 476 g/mol. The number of amidine groups is 1. The summed E-state index contributed by atoms with van der Waals surface area (Å²) in [7, 11) is 3.12. The average Bonchev–Trinajstić information content (AvgIpc) is 2.81. The molecular weight excluding hydrogens is 444 g/mol. The third-order valence-corrected chi connectivity index (χ3v) is 6.41. The molecule has 1 saturated heterocycles. The van der Waals surface area contributed by atoms with Crippen LogP contribution >= 0.6 is 11.8 Å². The summed E-state index contributed by atoms with van der Waals surface area (Å²) in [4.78, 5) is 32.2. The highest BCUT2D eigenvalue weighted by atomic mass is 32.2. The molecule has 0 aliphatic carbocycles. The minimum absolute atomic E-state index is 0.0777. The number of allylic oxidation sites excluding steroid dienone is 1. The molecule has 0 saturated carbocycles. The average molecular weight is 477 g/mol. The molecule has 3 rings (SSSR count). The van der Waals surface area contributed by atoms with Gasteiger partial charge in [0.15, 0.2) is 16.7 Å². The first-order chi connectivity index (χ1) is 16.0. The van der Waals surface area contributed by atoms with Gasteiger partial charge in [0.2, 0.25) is 5.91 Å². The van der Waals surface area contributed by atoms with Crippen LogP contribution in [0.1, 0.15) is 51.1 Å². The van der Waals surface area contributed by atoms with E-state index in [9.17, 15) is 9.59 Å². The number of fused-ring (bicyclic) bond motifs is 1. The zero-order valence-electron chi connectivity index (χ0n) is 19.7. The van der Waals surface area contributed by atoms with E-state index in [0.29, 0.717) is 46.7 Å². The van der Waals surface area contributed by atoms with Gasteiger partial charge in [-0.2, -0.15) is 0 Å². The summed E-state index contributed by atoms with van der Waals surface area (Å²) in [5.41, 5.74) is 1.60. The smallest absolute Gasteiger partial charge is 0.338 e. The van der Waals surface area contributed by atoms with Crippen molar-refractivity contribution in [2.45, 2.75) is 45.6 Å². The van der Waals surface area contributed by atoms with E-state index < -0.39 is 12.0 Å². The van der Waals surface area contributed by atoms with Gasteiger partial charge < -0.3 is 18.9 Å². The Morgan fingerprint density at radius 2 is 2.00 bits per heavy atom. The van der Waals surface area contributed by atoms with Crippen LogP contribution in [0, 0.1) is 0 Å². The number of thioether (sulfide) groups is 1. The Labute approximate surface area is 199 Å². The fourth-order valence-electron chi connectivity index (χ4n) is 3.78. The lowest BCUT2D eigenvalue weighted by Crippen LogP contribution is -2.45. The summed E-state index contributed by atoms with van der Waals surface area (Å²) in [5.74, 6) is 1.25. The van der Waals surface area contributed by atoms with Crippen molar-refractivity contribution < 1.29 is 28.5 Å². The van der Waals surface area contributed by atoms with Crippen molar-refractivity contribution in [1.29, 1.82) is 0 Å². The normalized spacial score (nSPS) is 18.1. The van der Waals surface area contributed by atoms with E-state index in [-0.39, 0.29) is 19.1 Å². The number of ether oxygens (including phenoxy) is 4. The van der Waals surface area contributed by atoms with E-state index in [1.54, 1.807) is 26.0 Å². The lowest BCUT2D eigenvalue weighted by molar-refractivity contribution is -0.141. The number of amides is 1. The number of esters is 1. The highest BCUT2D eigenvalue weighted by molar-refractivity contribution is 8.14. The fourth-order valence-corrected chi connectivity index (χ4v) is 4.78. The molecule has 33 heavy (non-hydrogen) atoms. The van der Waals surface area contributed by atoms with Gasteiger partial charge in [-0.05, 0) is 31.0 Å². The molecule has 0 N–H and O–H groups in total. The highest BCUT2D eigenvalue weighted by Gasteiger charge is 2.42. The number of carbonyl (C=O) groups is 2. The van der Waals surface area contributed by atoms with Crippen LogP contribution < -0.4 is 9.47 Å². The van der Waals surface area contributed by atoms with E-state index in [0.717, 1.165) is 24.8 Å². The van der Waals surface area contributed by atoms with Gasteiger partial charge in [0.05, 0.1) is 37.6 Å². The molecular formula is C24H32N2O6S. The zero-order chi connectivity index (χ0) is 23.8. The molecule has 0 aromatic heterocycles. The van der Waals surface area contributed by atoms with Gasteiger partial charge >= 0.3 is 5.97 Å². The van der Waals surface area contributed by atoms with Crippen LogP contribution in [0.2, 0.25) is 0 Å². The highest BCUT2D eigenvalue weighted by Crippen LogP contribution is 2.42. The molecule has 2 aliphatic heterocycles. The van der Waals surface area contributed by atoms with E-state index in [2.05, 4.69) is 11.9 Å². The molecule has 0 bridgehead atoms. The molecule has 1 fully saturated rings. The van der Waals surface area contributed by atoms with Crippen LogP contribution in [0.3, 0.4) is 0 Å². The molecule has 9 heteroatoms. The number of aliphatic imine (C=N–C) groups is 1. The van der Waals surface area contributed by atoms with Crippen molar-refractivity contribution in [1.82, 2.24) is 4.90 Å². The van der Waals surface area contributed by atoms with Crippen LogP contribution in [-0.4, -0.2) is 61.7 Å². The van der Waals surface area contributed by atoms with Crippen LogP contribution in [0.15, 0.2) is 34.5 Å². The van der Waals surface area contributed by atoms with Crippen molar-refractivity contribution in [3.63, 3.8) is 0 Å². The van der Waals surface area contributed by atoms with Crippen molar-refractivity contribution in [3.05, 3.63) is 35.0 Å². The minimum atomic E-state index is -0.657. The number of rotatable bonds is 11. The van der Waals surface area contributed by atoms with E-state index in [1.165, 1.54) is 11.8 Å². The van der Waals surface area contributed by atoms with E-state index in [1.807, 2.05) is 18.2 Å². The Morgan fingerprint density at radius 3 is 2.73 bits per heavy atom. The molecule has 2 aliphatic rings. The minimum Gasteiger partial charge on any atom is -0.493 e. The molecule has 1 unspecified atom stereocenters. The maximum Gasteiger partial charge on any atom is 0.338 e. The predicted octanol–water partition coefficient (Wildman–Crippen LogP) is 4.10. The number of carbonyl (C=O) groups excluding carboxylic acids is 2. The SMILES string of the molecule is CCCCCOc1ccc(C2C(C(=O)OCCOC)=C(C)N=C3SCCC(=O)N32)cc1OC. The molecule has 0 radical (unpaired) electrons. The van der Waals surface area contributed by atoms with Crippen molar-refractivity contribution >= 4 is 28.8 Å². The Hall–Kier alpha value is -2.52. The summed E-state index contributed by atoms with van der Waals surface area (Å²) in [6.07, 6.45) is 3.55. The lowest BCUT2D eigenvalue weighted by atomic mass is 9.94. The Kier molecular flexibility index (Phi) is 9.20. The lowest BCUT2D eigenvalue weighted by Gasteiger charge is -2.39. The van der Waals surface area contributed by atoms with Gasteiger partial charge in [-0.15, -0.1) is 0 Å². The van der Waals surface area contributed by atoms with Crippen LogP contribution in [0.5, 0.6) is 11.5 Å². The van der Waals surface area contributed by atoms with Gasteiger partial charge in [0.1, 0.15) is 6.61 Å². The first-order valence-corrected chi connectivity index (χ1v) is 12.2. The maximum atomic E-state index is 13.1. The Balaban J connectivity index is 1.97. The number of hydrogen-bond acceptors (Lipinski definition) is 8. The predicted molar refractivity (Wildman–Crippen MR) is 128 cm³/mol. The summed E-state index contributed by atoms with van der Waals surface area (Å²) in [6.45, 7) is 4.91. The largest absolute Gasteiger partial charge is 0.493 e. The number of nitrogens with zero attached hydrogens (tertiary/aromatic N) is 2. The molecule has 2 heterocycles.